The number of hydrogen-bond donors (Lipinski definition) is 3. The smallest absolute Gasteiger partial charge is 0.221 e. The maximum atomic E-state index is 12.2. The SMILES string of the molecule is COc1cccc(CNC[C@H](O)[C@H](Cc2ccccc2)NC(=O)CCS(C)(=O)=O)c1. The largest absolute Gasteiger partial charge is 0.497 e. The van der Waals surface area contributed by atoms with E-state index >= 15 is 0 Å². The Balaban J connectivity index is 1.96. The van der Waals surface area contributed by atoms with Crippen molar-refractivity contribution in [2.75, 3.05) is 25.7 Å². The summed E-state index contributed by atoms with van der Waals surface area (Å²) in [5.74, 6) is 0.143. The van der Waals surface area contributed by atoms with E-state index in [1.165, 1.54) is 0 Å². The molecule has 2 rings (SSSR count). The average Bonchev–Trinajstić information content (AvgIpc) is 2.72. The maximum absolute atomic E-state index is 12.2. The van der Waals surface area contributed by atoms with Crippen LogP contribution in [0.5, 0.6) is 5.75 Å². The monoisotopic (exact) mass is 434 g/mol. The zero-order chi connectivity index (χ0) is 22.0. The predicted octanol–water partition coefficient (Wildman–Crippen LogP) is 1.31. The molecule has 8 heteroatoms. The molecule has 164 valence electrons. The molecule has 0 saturated carbocycles. The van der Waals surface area contributed by atoms with Gasteiger partial charge in [0.2, 0.25) is 5.91 Å². The zero-order valence-corrected chi connectivity index (χ0v) is 18.2. The molecule has 2 aromatic rings. The molecular weight excluding hydrogens is 404 g/mol. The Labute approximate surface area is 178 Å². The van der Waals surface area contributed by atoms with Crippen molar-refractivity contribution in [3.63, 3.8) is 0 Å². The van der Waals surface area contributed by atoms with Crippen LogP contribution in [0.2, 0.25) is 0 Å². The van der Waals surface area contributed by atoms with Gasteiger partial charge in [0.1, 0.15) is 15.6 Å². The lowest BCUT2D eigenvalue weighted by Crippen LogP contribution is -2.48. The highest BCUT2D eigenvalue weighted by molar-refractivity contribution is 7.90. The lowest BCUT2D eigenvalue weighted by atomic mass is 10.0. The molecule has 0 aliphatic heterocycles. The van der Waals surface area contributed by atoms with Gasteiger partial charge in [0.05, 0.1) is 25.0 Å². The summed E-state index contributed by atoms with van der Waals surface area (Å²) in [7, 11) is -1.62. The molecule has 0 bridgehead atoms. The van der Waals surface area contributed by atoms with E-state index in [4.69, 9.17) is 4.74 Å². The Kier molecular flexibility index (Phi) is 9.29. The number of benzene rings is 2. The molecule has 0 radical (unpaired) electrons. The number of hydrogen-bond acceptors (Lipinski definition) is 6. The minimum atomic E-state index is -3.23. The van der Waals surface area contributed by atoms with E-state index < -0.39 is 27.9 Å². The topological polar surface area (TPSA) is 105 Å². The van der Waals surface area contributed by atoms with Gasteiger partial charge in [-0.15, -0.1) is 0 Å². The lowest BCUT2D eigenvalue weighted by molar-refractivity contribution is -0.122. The first-order valence-electron chi connectivity index (χ1n) is 9.79. The fourth-order valence-corrected chi connectivity index (χ4v) is 3.55. The van der Waals surface area contributed by atoms with Crippen LogP contribution in [0.4, 0.5) is 0 Å². The van der Waals surface area contributed by atoms with Crippen molar-refractivity contribution in [3.05, 3.63) is 65.7 Å². The maximum Gasteiger partial charge on any atom is 0.221 e. The number of nitrogens with one attached hydrogen (secondary N) is 2. The van der Waals surface area contributed by atoms with Crippen LogP contribution in [0.3, 0.4) is 0 Å². The molecule has 0 aliphatic carbocycles. The van der Waals surface area contributed by atoms with Gasteiger partial charge in [-0.25, -0.2) is 8.42 Å². The first-order valence-corrected chi connectivity index (χ1v) is 11.9. The average molecular weight is 435 g/mol. The molecule has 2 atom stereocenters. The van der Waals surface area contributed by atoms with E-state index in [9.17, 15) is 18.3 Å². The van der Waals surface area contributed by atoms with Gasteiger partial charge < -0.3 is 20.5 Å². The number of ether oxygens (including phenoxy) is 1. The van der Waals surface area contributed by atoms with Gasteiger partial charge in [-0.05, 0) is 29.7 Å². The van der Waals surface area contributed by atoms with Crippen LogP contribution in [0.15, 0.2) is 54.6 Å². The van der Waals surface area contributed by atoms with Crippen molar-refractivity contribution in [3.8, 4) is 5.75 Å². The highest BCUT2D eigenvalue weighted by Gasteiger charge is 2.22. The molecule has 0 aromatic heterocycles. The van der Waals surface area contributed by atoms with Gasteiger partial charge in [-0.1, -0.05) is 42.5 Å². The van der Waals surface area contributed by atoms with Crippen molar-refractivity contribution >= 4 is 15.7 Å². The van der Waals surface area contributed by atoms with Crippen LogP contribution in [0.25, 0.3) is 0 Å². The van der Waals surface area contributed by atoms with E-state index in [0.29, 0.717) is 13.0 Å². The normalized spacial score (nSPS) is 13.4. The zero-order valence-electron chi connectivity index (χ0n) is 17.4. The molecule has 0 spiro atoms. The van der Waals surface area contributed by atoms with Gasteiger partial charge in [0, 0.05) is 25.8 Å². The fraction of sp³-hybridized carbons (Fsp3) is 0.409. The Morgan fingerprint density at radius 1 is 1.10 bits per heavy atom. The third kappa shape index (κ3) is 8.94. The summed E-state index contributed by atoms with van der Waals surface area (Å²) in [6.45, 7) is 0.801. The second-order valence-corrected chi connectivity index (χ2v) is 9.55. The summed E-state index contributed by atoms with van der Waals surface area (Å²) in [4.78, 5) is 12.2. The van der Waals surface area contributed by atoms with Crippen LogP contribution in [-0.4, -0.2) is 57.2 Å². The Morgan fingerprint density at radius 2 is 1.80 bits per heavy atom. The van der Waals surface area contributed by atoms with Crippen molar-refractivity contribution in [1.82, 2.24) is 10.6 Å². The highest BCUT2D eigenvalue weighted by atomic mass is 32.2. The summed E-state index contributed by atoms with van der Waals surface area (Å²) < 4.78 is 27.8. The molecule has 7 nitrogen and oxygen atoms in total. The van der Waals surface area contributed by atoms with Crippen LogP contribution < -0.4 is 15.4 Å². The predicted molar refractivity (Wildman–Crippen MR) is 117 cm³/mol. The van der Waals surface area contributed by atoms with E-state index in [1.807, 2.05) is 54.6 Å². The molecule has 0 fully saturated rings. The fourth-order valence-electron chi connectivity index (χ4n) is 3.00. The van der Waals surface area contributed by atoms with Gasteiger partial charge >= 0.3 is 0 Å². The number of aliphatic hydroxyl groups is 1. The van der Waals surface area contributed by atoms with Crippen molar-refractivity contribution in [1.29, 1.82) is 0 Å². The Morgan fingerprint density at radius 3 is 2.47 bits per heavy atom. The number of sulfone groups is 1. The minimum Gasteiger partial charge on any atom is -0.497 e. The molecule has 0 unspecified atom stereocenters. The number of amides is 1. The van der Waals surface area contributed by atoms with Crippen molar-refractivity contribution in [2.24, 2.45) is 0 Å². The minimum absolute atomic E-state index is 0.131. The van der Waals surface area contributed by atoms with Gasteiger partial charge in [-0.2, -0.15) is 0 Å². The van der Waals surface area contributed by atoms with E-state index in [-0.39, 0.29) is 18.7 Å². The van der Waals surface area contributed by atoms with E-state index in [0.717, 1.165) is 23.1 Å². The molecule has 1 amide bonds. The van der Waals surface area contributed by atoms with Gasteiger partial charge in [0.25, 0.3) is 0 Å². The van der Waals surface area contributed by atoms with Gasteiger partial charge in [0.15, 0.2) is 0 Å². The Bertz CT molecular complexity index is 903. The third-order valence-electron chi connectivity index (χ3n) is 4.63. The summed E-state index contributed by atoms with van der Waals surface area (Å²) in [6.07, 6.45) is 0.554. The standard InChI is InChI=1S/C22H30N2O5S/c1-29-19-10-6-9-18(13-19)15-23-16-21(25)20(14-17-7-4-3-5-8-17)24-22(26)11-12-30(2,27)28/h3-10,13,20-21,23,25H,11-12,14-16H2,1-2H3,(H,24,26)/t20-,21-/m0/s1. The van der Waals surface area contributed by atoms with Crippen molar-refractivity contribution in [2.45, 2.75) is 31.5 Å². The summed E-state index contributed by atoms with van der Waals surface area (Å²) in [5, 5.41) is 16.7. The number of methoxy groups -OCH3 is 1. The molecular formula is C22H30N2O5S. The molecule has 3 N–H and O–H groups in total. The second-order valence-electron chi connectivity index (χ2n) is 7.29. The van der Waals surface area contributed by atoms with Gasteiger partial charge in [-0.3, -0.25) is 4.79 Å². The summed E-state index contributed by atoms with van der Waals surface area (Å²) in [5.41, 5.74) is 1.98. The van der Waals surface area contributed by atoms with E-state index in [1.54, 1.807) is 7.11 Å². The first-order chi connectivity index (χ1) is 14.3. The third-order valence-corrected chi connectivity index (χ3v) is 5.57. The summed E-state index contributed by atoms with van der Waals surface area (Å²) >= 11 is 0. The van der Waals surface area contributed by atoms with Crippen LogP contribution >= 0.6 is 0 Å². The second kappa shape index (κ2) is 11.7. The number of carbonyl (C=O) groups is 1. The molecule has 0 saturated heterocycles. The molecule has 30 heavy (non-hydrogen) atoms. The van der Waals surface area contributed by atoms with Crippen LogP contribution in [-0.2, 0) is 27.6 Å². The summed E-state index contributed by atoms with van der Waals surface area (Å²) in [6, 6.07) is 16.6. The highest BCUT2D eigenvalue weighted by Crippen LogP contribution is 2.12. The lowest BCUT2D eigenvalue weighted by Gasteiger charge is -2.25. The number of carbonyl (C=O) groups excluding carboxylic acids is 1. The van der Waals surface area contributed by atoms with Crippen LogP contribution in [0.1, 0.15) is 17.5 Å². The molecule has 2 aromatic carbocycles. The Hall–Kier alpha value is -2.42. The molecule has 0 aliphatic rings. The van der Waals surface area contributed by atoms with Crippen LogP contribution in [0, 0.1) is 0 Å². The van der Waals surface area contributed by atoms with E-state index in [2.05, 4.69) is 10.6 Å². The molecule has 0 heterocycles. The number of rotatable bonds is 12. The quantitative estimate of drug-likeness (QED) is 0.465. The first kappa shape index (κ1) is 23.9. The van der Waals surface area contributed by atoms with Crippen molar-refractivity contribution < 1.29 is 23.1 Å². The number of aliphatic hydroxyl groups excluding tert-OH is 1.